The van der Waals surface area contributed by atoms with Gasteiger partial charge in [-0.05, 0) is 35.0 Å². The fraction of sp³-hybridized carbons (Fsp3) is 0.200. The quantitative estimate of drug-likeness (QED) is 0.719. The van der Waals surface area contributed by atoms with Crippen molar-refractivity contribution in [3.05, 3.63) is 38.9 Å². The van der Waals surface area contributed by atoms with Gasteiger partial charge in [0.2, 0.25) is 0 Å². The van der Waals surface area contributed by atoms with Crippen LogP contribution in [0.3, 0.4) is 0 Å². The first-order valence-electron chi connectivity index (χ1n) is 4.23. The number of aromatic nitrogens is 2. The zero-order valence-corrected chi connectivity index (χ0v) is 9.50. The number of fused-ring (bicyclic) bond motifs is 1. The molecule has 14 heavy (non-hydrogen) atoms. The minimum Gasteiger partial charge on any atom is -0.299 e. The molecule has 1 aromatic carbocycles. The monoisotopic (exact) mass is 252 g/mol. The van der Waals surface area contributed by atoms with Gasteiger partial charge in [0.05, 0.1) is 10.9 Å². The van der Waals surface area contributed by atoms with Crippen molar-refractivity contribution in [3.63, 3.8) is 0 Å². The molecule has 0 N–H and O–H groups in total. The Labute approximate surface area is 89.5 Å². The fourth-order valence-corrected chi connectivity index (χ4v) is 1.82. The highest BCUT2D eigenvalue weighted by atomic mass is 79.9. The third-order valence-corrected chi connectivity index (χ3v) is 2.92. The molecular formula is C10H9BrN2O. The van der Waals surface area contributed by atoms with Gasteiger partial charge in [0.25, 0.3) is 5.56 Å². The Hall–Kier alpha value is -1.16. The molecule has 0 amide bonds. The molecule has 1 heterocycles. The summed E-state index contributed by atoms with van der Waals surface area (Å²) in [5.74, 6) is 0.717. The largest absolute Gasteiger partial charge is 0.299 e. The molecule has 0 radical (unpaired) electrons. The van der Waals surface area contributed by atoms with E-state index in [4.69, 9.17) is 0 Å². The van der Waals surface area contributed by atoms with Crippen LogP contribution in [0.5, 0.6) is 0 Å². The number of rotatable bonds is 0. The van der Waals surface area contributed by atoms with Crippen LogP contribution in [0, 0.1) is 6.92 Å². The Balaban J connectivity index is 3.06. The van der Waals surface area contributed by atoms with Gasteiger partial charge in [-0.15, -0.1) is 0 Å². The molecule has 0 aliphatic carbocycles. The average Bonchev–Trinajstić information content (AvgIpc) is 2.17. The molecule has 0 aliphatic rings. The summed E-state index contributed by atoms with van der Waals surface area (Å²) in [5, 5.41) is 0.646. The second kappa shape index (κ2) is 3.20. The van der Waals surface area contributed by atoms with Crippen LogP contribution in [0.15, 0.2) is 27.5 Å². The van der Waals surface area contributed by atoms with E-state index in [0.717, 1.165) is 15.8 Å². The van der Waals surface area contributed by atoms with E-state index in [1.807, 2.05) is 19.1 Å². The van der Waals surface area contributed by atoms with Gasteiger partial charge in [-0.1, -0.05) is 6.07 Å². The lowest BCUT2D eigenvalue weighted by atomic mass is 10.2. The summed E-state index contributed by atoms with van der Waals surface area (Å²) in [4.78, 5) is 16.2. The number of benzene rings is 1. The summed E-state index contributed by atoms with van der Waals surface area (Å²) in [6.45, 7) is 1.82. The first kappa shape index (κ1) is 9.40. The Kier molecular flexibility index (Phi) is 2.15. The maximum atomic E-state index is 11.8. The summed E-state index contributed by atoms with van der Waals surface area (Å²) in [5.41, 5.74) is 0.724. The zero-order valence-electron chi connectivity index (χ0n) is 7.91. The standard InChI is InChI=1S/C10H9BrN2O/c1-6-12-9-7(10(14)13(6)2)4-3-5-8(9)11/h3-5H,1-2H3. The molecule has 0 bridgehead atoms. The van der Waals surface area contributed by atoms with Crippen LogP contribution in [0.4, 0.5) is 0 Å². The molecule has 72 valence electrons. The molecular weight excluding hydrogens is 244 g/mol. The van der Waals surface area contributed by atoms with E-state index in [9.17, 15) is 4.79 Å². The molecule has 0 fully saturated rings. The Morgan fingerprint density at radius 1 is 1.43 bits per heavy atom. The summed E-state index contributed by atoms with van der Waals surface area (Å²) >= 11 is 3.38. The highest BCUT2D eigenvalue weighted by Gasteiger charge is 2.06. The zero-order chi connectivity index (χ0) is 10.3. The maximum absolute atomic E-state index is 11.8. The molecule has 0 unspecified atom stereocenters. The smallest absolute Gasteiger partial charge is 0.261 e. The number of aryl methyl sites for hydroxylation is 1. The number of hydrogen-bond acceptors (Lipinski definition) is 2. The lowest BCUT2D eigenvalue weighted by Crippen LogP contribution is -2.20. The van der Waals surface area contributed by atoms with E-state index in [-0.39, 0.29) is 5.56 Å². The van der Waals surface area contributed by atoms with Gasteiger partial charge in [0, 0.05) is 11.5 Å². The fourth-order valence-electron chi connectivity index (χ4n) is 1.37. The molecule has 2 aromatic rings. The number of halogens is 1. The third-order valence-electron chi connectivity index (χ3n) is 2.28. The van der Waals surface area contributed by atoms with E-state index in [2.05, 4.69) is 20.9 Å². The van der Waals surface area contributed by atoms with E-state index in [0.29, 0.717) is 5.39 Å². The van der Waals surface area contributed by atoms with Crippen LogP contribution in [0.25, 0.3) is 10.9 Å². The topological polar surface area (TPSA) is 34.9 Å². The van der Waals surface area contributed by atoms with Crippen molar-refractivity contribution < 1.29 is 0 Å². The second-order valence-electron chi connectivity index (χ2n) is 3.16. The number of nitrogens with zero attached hydrogens (tertiary/aromatic N) is 2. The lowest BCUT2D eigenvalue weighted by Gasteiger charge is -2.05. The first-order chi connectivity index (χ1) is 6.61. The summed E-state index contributed by atoms with van der Waals surface area (Å²) < 4.78 is 2.41. The minimum atomic E-state index is -0.00574. The lowest BCUT2D eigenvalue weighted by molar-refractivity contribution is 0.792. The molecule has 3 nitrogen and oxygen atoms in total. The Morgan fingerprint density at radius 2 is 2.14 bits per heavy atom. The molecule has 2 rings (SSSR count). The average molecular weight is 253 g/mol. The maximum Gasteiger partial charge on any atom is 0.261 e. The summed E-state index contributed by atoms with van der Waals surface area (Å²) in [6.07, 6.45) is 0. The molecule has 0 atom stereocenters. The number of hydrogen-bond donors (Lipinski definition) is 0. The van der Waals surface area contributed by atoms with E-state index in [1.165, 1.54) is 0 Å². The number of para-hydroxylation sites is 1. The van der Waals surface area contributed by atoms with Crippen molar-refractivity contribution in [1.82, 2.24) is 9.55 Å². The predicted octanol–water partition coefficient (Wildman–Crippen LogP) is 2.00. The molecule has 1 aromatic heterocycles. The van der Waals surface area contributed by atoms with Crippen LogP contribution < -0.4 is 5.56 Å². The van der Waals surface area contributed by atoms with Gasteiger partial charge in [-0.2, -0.15) is 0 Å². The van der Waals surface area contributed by atoms with Crippen molar-refractivity contribution in [2.24, 2.45) is 7.05 Å². The third kappa shape index (κ3) is 1.26. The summed E-state index contributed by atoms with van der Waals surface area (Å²) in [6, 6.07) is 5.51. The molecule has 0 saturated carbocycles. The van der Waals surface area contributed by atoms with E-state index >= 15 is 0 Å². The van der Waals surface area contributed by atoms with Gasteiger partial charge in [0.1, 0.15) is 5.82 Å². The predicted molar refractivity (Wildman–Crippen MR) is 59.4 cm³/mol. The van der Waals surface area contributed by atoms with Gasteiger partial charge in [-0.25, -0.2) is 4.98 Å². The van der Waals surface area contributed by atoms with Crippen molar-refractivity contribution in [1.29, 1.82) is 0 Å². The van der Waals surface area contributed by atoms with Crippen molar-refractivity contribution >= 4 is 26.8 Å². The van der Waals surface area contributed by atoms with Gasteiger partial charge in [-0.3, -0.25) is 9.36 Å². The molecule has 4 heteroatoms. The first-order valence-corrected chi connectivity index (χ1v) is 5.02. The Bertz CT molecular complexity index is 560. The molecule has 0 aliphatic heterocycles. The summed E-state index contributed by atoms with van der Waals surface area (Å²) in [7, 11) is 1.73. The highest BCUT2D eigenvalue weighted by molar-refractivity contribution is 9.10. The van der Waals surface area contributed by atoms with Crippen molar-refractivity contribution in [2.45, 2.75) is 6.92 Å². The molecule has 0 spiro atoms. The van der Waals surface area contributed by atoms with Crippen LogP contribution in [-0.2, 0) is 7.05 Å². The van der Waals surface area contributed by atoms with Crippen molar-refractivity contribution in [2.75, 3.05) is 0 Å². The van der Waals surface area contributed by atoms with Crippen LogP contribution >= 0.6 is 15.9 Å². The SMILES string of the molecule is Cc1nc2c(Br)cccc2c(=O)n1C. The highest BCUT2D eigenvalue weighted by Crippen LogP contribution is 2.19. The van der Waals surface area contributed by atoms with E-state index in [1.54, 1.807) is 17.7 Å². The van der Waals surface area contributed by atoms with Gasteiger partial charge >= 0.3 is 0 Å². The van der Waals surface area contributed by atoms with Gasteiger partial charge < -0.3 is 0 Å². The van der Waals surface area contributed by atoms with Crippen LogP contribution in [-0.4, -0.2) is 9.55 Å². The van der Waals surface area contributed by atoms with Crippen LogP contribution in [0.1, 0.15) is 5.82 Å². The second-order valence-corrected chi connectivity index (χ2v) is 4.01. The van der Waals surface area contributed by atoms with Crippen LogP contribution in [0.2, 0.25) is 0 Å². The van der Waals surface area contributed by atoms with Gasteiger partial charge in [0.15, 0.2) is 0 Å². The normalized spacial score (nSPS) is 10.8. The Morgan fingerprint density at radius 3 is 2.86 bits per heavy atom. The van der Waals surface area contributed by atoms with Crippen molar-refractivity contribution in [3.8, 4) is 0 Å². The molecule has 0 saturated heterocycles. The minimum absolute atomic E-state index is 0.00574. The van der Waals surface area contributed by atoms with E-state index < -0.39 is 0 Å².